The van der Waals surface area contributed by atoms with E-state index in [0.29, 0.717) is 0 Å². The van der Waals surface area contributed by atoms with Crippen LogP contribution < -0.4 is 0 Å². The van der Waals surface area contributed by atoms with E-state index in [-0.39, 0.29) is 0 Å². The summed E-state index contributed by atoms with van der Waals surface area (Å²) in [6, 6.07) is 8.55. The third-order valence-electron chi connectivity index (χ3n) is 2.13. The zero-order valence-corrected chi connectivity index (χ0v) is 7.03. The molecule has 2 rings (SSSR count). The Hall–Kier alpha value is -1.30. The molecule has 0 heterocycles. The molecule has 0 amide bonds. The number of fused-ring (bicyclic) bond motifs is 1. The molecule has 0 unspecified atom stereocenters. The Bertz CT molecular complexity index is 319. The van der Waals surface area contributed by atoms with Gasteiger partial charge in [-0.2, -0.15) is 0 Å². The average molecular weight is 156 g/mol. The molecule has 0 bridgehead atoms. The number of hydrogen-bond acceptors (Lipinski definition) is 0. The fourth-order valence-corrected chi connectivity index (χ4v) is 1.46. The molecule has 0 fully saturated rings. The Morgan fingerprint density at radius 2 is 1.83 bits per heavy atom. The summed E-state index contributed by atoms with van der Waals surface area (Å²) in [7, 11) is 0. The van der Waals surface area contributed by atoms with Gasteiger partial charge >= 0.3 is 0 Å². The lowest BCUT2D eigenvalue weighted by Crippen LogP contribution is -1.87. The lowest BCUT2D eigenvalue weighted by atomic mass is 10.0. The Kier molecular flexibility index (Phi) is 2.08. The summed E-state index contributed by atoms with van der Waals surface area (Å²) < 4.78 is 0. The number of benzene rings is 1. The summed E-state index contributed by atoms with van der Waals surface area (Å²) in [6.45, 7) is 0. The molecule has 0 spiro atoms. The highest BCUT2D eigenvalue weighted by Gasteiger charge is 1.96. The van der Waals surface area contributed by atoms with Gasteiger partial charge in [-0.3, -0.25) is 0 Å². The zero-order valence-electron chi connectivity index (χ0n) is 7.03. The molecule has 0 heteroatoms. The first-order valence-electron chi connectivity index (χ1n) is 4.36. The van der Waals surface area contributed by atoms with Crippen molar-refractivity contribution in [2.75, 3.05) is 0 Å². The SMILES string of the molecule is C1=CCc2ccccc2C=CC1. The fraction of sp³-hybridized carbons (Fsp3) is 0.167. The Morgan fingerprint density at radius 3 is 2.83 bits per heavy atom. The molecular weight excluding hydrogens is 144 g/mol. The zero-order chi connectivity index (χ0) is 8.23. The van der Waals surface area contributed by atoms with E-state index < -0.39 is 0 Å². The van der Waals surface area contributed by atoms with Crippen molar-refractivity contribution >= 4 is 6.08 Å². The van der Waals surface area contributed by atoms with Crippen molar-refractivity contribution < 1.29 is 0 Å². The Labute approximate surface area is 73.2 Å². The van der Waals surface area contributed by atoms with Crippen LogP contribution in [-0.4, -0.2) is 0 Å². The summed E-state index contributed by atoms with van der Waals surface area (Å²) in [5.74, 6) is 0. The molecule has 0 saturated carbocycles. The minimum Gasteiger partial charge on any atom is -0.0844 e. The van der Waals surface area contributed by atoms with Gasteiger partial charge in [-0.25, -0.2) is 0 Å². The summed E-state index contributed by atoms with van der Waals surface area (Å²) in [5, 5.41) is 0. The van der Waals surface area contributed by atoms with Crippen LogP contribution in [0, 0.1) is 0 Å². The normalized spacial score (nSPS) is 15.0. The molecule has 0 aliphatic heterocycles. The summed E-state index contributed by atoms with van der Waals surface area (Å²) in [6.07, 6.45) is 11.0. The van der Waals surface area contributed by atoms with Crippen LogP contribution in [0.25, 0.3) is 6.08 Å². The molecule has 12 heavy (non-hydrogen) atoms. The van der Waals surface area contributed by atoms with Gasteiger partial charge in [-0.15, -0.1) is 0 Å². The molecule has 60 valence electrons. The molecule has 0 nitrogen and oxygen atoms in total. The van der Waals surface area contributed by atoms with E-state index in [2.05, 4.69) is 48.6 Å². The van der Waals surface area contributed by atoms with E-state index in [1.807, 2.05) is 0 Å². The van der Waals surface area contributed by atoms with Gasteiger partial charge in [0.25, 0.3) is 0 Å². The van der Waals surface area contributed by atoms with E-state index in [1.54, 1.807) is 0 Å². The second kappa shape index (κ2) is 3.40. The fourth-order valence-electron chi connectivity index (χ4n) is 1.46. The summed E-state index contributed by atoms with van der Waals surface area (Å²) >= 11 is 0. The van der Waals surface area contributed by atoms with Crippen molar-refractivity contribution in [2.45, 2.75) is 12.8 Å². The van der Waals surface area contributed by atoms with Gasteiger partial charge in [-0.05, 0) is 24.0 Å². The van der Waals surface area contributed by atoms with Crippen LogP contribution in [0.15, 0.2) is 42.5 Å². The largest absolute Gasteiger partial charge is 0.0844 e. The second-order valence-electron chi connectivity index (χ2n) is 3.01. The van der Waals surface area contributed by atoms with Crippen LogP contribution in [0.1, 0.15) is 17.5 Å². The first-order chi connectivity index (χ1) is 5.97. The summed E-state index contributed by atoms with van der Waals surface area (Å²) in [5.41, 5.74) is 2.78. The van der Waals surface area contributed by atoms with Gasteiger partial charge in [0.1, 0.15) is 0 Å². The number of rotatable bonds is 0. The number of hydrogen-bond donors (Lipinski definition) is 0. The van der Waals surface area contributed by atoms with Crippen LogP contribution >= 0.6 is 0 Å². The molecule has 0 saturated heterocycles. The van der Waals surface area contributed by atoms with Gasteiger partial charge in [0.15, 0.2) is 0 Å². The molecule has 1 aromatic rings. The molecular formula is C12H12. The van der Waals surface area contributed by atoms with Gasteiger partial charge in [0, 0.05) is 0 Å². The Balaban J connectivity index is 2.44. The first-order valence-corrected chi connectivity index (χ1v) is 4.36. The highest BCUT2D eigenvalue weighted by molar-refractivity contribution is 5.54. The van der Waals surface area contributed by atoms with Crippen molar-refractivity contribution in [1.82, 2.24) is 0 Å². The predicted octanol–water partition coefficient (Wildman–Crippen LogP) is 3.20. The summed E-state index contributed by atoms with van der Waals surface area (Å²) in [4.78, 5) is 0. The smallest absolute Gasteiger partial charge is 0.00914 e. The minimum atomic E-state index is 1.06. The van der Waals surface area contributed by atoms with E-state index >= 15 is 0 Å². The molecule has 0 radical (unpaired) electrons. The van der Waals surface area contributed by atoms with Crippen molar-refractivity contribution in [3.63, 3.8) is 0 Å². The minimum absolute atomic E-state index is 1.06. The second-order valence-corrected chi connectivity index (χ2v) is 3.01. The van der Waals surface area contributed by atoms with E-state index in [9.17, 15) is 0 Å². The van der Waals surface area contributed by atoms with Crippen molar-refractivity contribution in [2.24, 2.45) is 0 Å². The van der Waals surface area contributed by atoms with Gasteiger partial charge < -0.3 is 0 Å². The number of allylic oxidation sites excluding steroid dienone is 3. The lowest BCUT2D eigenvalue weighted by molar-refractivity contribution is 1.22. The van der Waals surface area contributed by atoms with Crippen LogP contribution in [0.5, 0.6) is 0 Å². The maximum Gasteiger partial charge on any atom is -0.00914 e. The van der Waals surface area contributed by atoms with Gasteiger partial charge in [0.2, 0.25) is 0 Å². The average Bonchev–Trinajstić information content (AvgIpc) is 2.06. The van der Waals surface area contributed by atoms with Crippen molar-refractivity contribution in [1.29, 1.82) is 0 Å². The molecule has 1 aliphatic rings. The molecule has 0 N–H and O–H groups in total. The lowest BCUT2D eigenvalue weighted by Gasteiger charge is -2.04. The van der Waals surface area contributed by atoms with Crippen LogP contribution in [-0.2, 0) is 6.42 Å². The first kappa shape index (κ1) is 7.35. The Morgan fingerprint density at radius 1 is 0.917 bits per heavy atom. The highest BCUT2D eigenvalue weighted by atomic mass is 14.0. The monoisotopic (exact) mass is 156 g/mol. The standard InChI is InChI=1S/C12H12/c1-2-4-8-12-10-6-5-9-11(12)7-3-1/h1,3-6,8-10H,2,7H2. The maximum atomic E-state index is 2.24. The quantitative estimate of drug-likeness (QED) is 0.506. The third-order valence-corrected chi connectivity index (χ3v) is 2.13. The van der Waals surface area contributed by atoms with Crippen molar-refractivity contribution in [3.8, 4) is 0 Å². The van der Waals surface area contributed by atoms with Crippen LogP contribution in [0.2, 0.25) is 0 Å². The van der Waals surface area contributed by atoms with Crippen molar-refractivity contribution in [3.05, 3.63) is 53.6 Å². The van der Waals surface area contributed by atoms with Crippen LogP contribution in [0.3, 0.4) is 0 Å². The van der Waals surface area contributed by atoms with E-state index in [1.165, 1.54) is 11.1 Å². The molecule has 1 aromatic carbocycles. The van der Waals surface area contributed by atoms with E-state index in [4.69, 9.17) is 0 Å². The molecule has 0 aromatic heterocycles. The highest BCUT2D eigenvalue weighted by Crippen LogP contribution is 2.14. The molecule has 0 atom stereocenters. The predicted molar refractivity (Wildman–Crippen MR) is 52.9 cm³/mol. The van der Waals surface area contributed by atoms with Gasteiger partial charge in [0.05, 0.1) is 0 Å². The molecule has 1 aliphatic carbocycles. The third kappa shape index (κ3) is 1.48. The van der Waals surface area contributed by atoms with Crippen LogP contribution in [0.4, 0.5) is 0 Å². The topological polar surface area (TPSA) is 0 Å². The van der Waals surface area contributed by atoms with E-state index in [0.717, 1.165) is 12.8 Å². The van der Waals surface area contributed by atoms with Gasteiger partial charge in [-0.1, -0.05) is 48.6 Å². The maximum absolute atomic E-state index is 2.24.